The Hall–Kier alpha value is -3.43. The fraction of sp³-hybridized carbons (Fsp3) is 0.100. The number of hydrogen-bond donors (Lipinski definition) is 3. The van der Waals surface area contributed by atoms with Crippen LogP contribution >= 0.6 is 0 Å². The van der Waals surface area contributed by atoms with Crippen molar-refractivity contribution in [2.75, 3.05) is 12.4 Å². The van der Waals surface area contributed by atoms with E-state index >= 15 is 0 Å². The zero-order valence-corrected chi connectivity index (χ0v) is 16.3. The number of carbonyl (C=O) groups excluding carboxylic acids is 1. The first kappa shape index (κ1) is 20.3. The number of benzene rings is 2. The second kappa shape index (κ2) is 8.72. The topological polar surface area (TPSA) is 118 Å². The molecule has 150 valence electrons. The second-order valence-corrected chi connectivity index (χ2v) is 7.90. The van der Waals surface area contributed by atoms with Gasteiger partial charge in [0.2, 0.25) is 9.84 Å². The molecule has 3 aromatic rings. The average molecular weight is 413 g/mol. The quantitative estimate of drug-likeness (QED) is 0.403. The Morgan fingerprint density at radius 1 is 1.10 bits per heavy atom. The summed E-state index contributed by atoms with van der Waals surface area (Å²) < 4.78 is 31.8. The molecule has 0 aliphatic rings. The van der Waals surface area contributed by atoms with Gasteiger partial charge in [-0.15, -0.1) is 0 Å². The molecular weight excluding hydrogens is 394 g/mol. The number of carbonyl (C=O) groups is 1. The maximum Gasteiger partial charge on any atom is 0.276 e. The van der Waals surface area contributed by atoms with Gasteiger partial charge in [0.05, 0.1) is 23.3 Å². The Morgan fingerprint density at radius 2 is 1.86 bits per heavy atom. The van der Waals surface area contributed by atoms with Crippen LogP contribution in [0.15, 0.2) is 76.8 Å². The predicted molar refractivity (Wildman–Crippen MR) is 106 cm³/mol. The summed E-state index contributed by atoms with van der Waals surface area (Å²) >= 11 is 0. The van der Waals surface area contributed by atoms with Gasteiger partial charge >= 0.3 is 0 Å². The van der Waals surface area contributed by atoms with E-state index in [1.807, 2.05) is 6.07 Å². The Kier molecular flexibility index (Phi) is 6.10. The van der Waals surface area contributed by atoms with Crippen molar-refractivity contribution < 1.29 is 23.2 Å². The van der Waals surface area contributed by atoms with Crippen LogP contribution in [0.2, 0.25) is 0 Å². The molecule has 29 heavy (non-hydrogen) atoms. The molecule has 2 aromatic carbocycles. The van der Waals surface area contributed by atoms with Gasteiger partial charge in [-0.05, 0) is 48.0 Å². The lowest BCUT2D eigenvalue weighted by Gasteiger charge is -2.16. The number of nitrogens with zero attached hydrogens (tertiary/aromatic N) is 1. The lowest BCUT2D eigenvalue weighted by atomic mass is 10.2. The molecular formula is C20H19N3O5S. The van der Waals surface area contributed by atoms with Gasteiger partial charge in [-0.2, -0.15) is 0 Å². The molecule has 1 heterocycles. The molecule has 0 bridgehead atoms. The first-order chi connectivity index (χ1) is 14.0. The largest absolute Gasteiger partial charge is 0.497 e. The third-order valence-electron chi connectivity index (χ3n) is 4.21. The SMILES string of the molecule is COc1ccc(S(=O)(=O)c2c(NCc3cccnc3)cccc2C(=O)NO)cc1. The zero-order valence-electron chi connectivity index (χ0n) is 15.5. The van der Waals surface area contributed by atoms with Crippen LogP contribution in [-0.2, 0) is 16.4 Å². The molecule has 0 atom stereocenters. The van der Waals surface area contributed by atoms with Crippen molar-refractivity contribution in [3.8, 4) is 5.75 Å². The van der Waals surface area contributed by atoms with E-state index < -0.39 is 15.7 Å². The number of hydrogen-bond acceptors (Lipinski definition) is 7. The highest BCUT2D eigenvalue weighted by Gasteiger charge is 2.28. The predicted octanol–water partition coefficient (Wildman–Crippen LogP) is 2.65. The highest BCUT2D eigenvalue weighted by molar-refractivity contribution is 7.91. The molecule has 0 saturated heterocycles. The van der Waals surface area contributed by atoms with E-state index in [1.165, 1.54) is 49.0 Å². The molecule has 1 amide bonds. The summed E-state index contributed by atoms with van der Waals surface area (Å²) in [6.45, 7) is 0.295. The van der Waals surface area contributed by atoms with Crippen molar-refractivity contribution in [3.05, 3.63) is 78.1 Å². The number of methoxy groups -OCH3 is 1. The van der Waals surface area contributed by atoms with Gasteiger partial charge < -0.3 is 10.1 Å². The lowest BCUT2D eigenvalue weighted by Crippen LogP contribution is -2.22. The van der Waals surface area contributed by atoms with Crippen LogP contribution in [0.1, 0.15) is 15.9 Å². The van der Waals surface area contributed by atoms with Crippen molar-refractivity contribution in [1.29, 1.82) is 0 Å². The third-order valence-corrected chi connectivity index (χ3v) is 6.08. The summed E-state index contributed by atoms with van der Waals surface area (Å²) in [6.07, 6.45) is 3.28. The van der Waals surface area contributed by atoms with E-state index in [0.717, 1.165) is 5.56 Å². The summed E-state index contributed by atoms with van der Waals surface area (Å²) in [7, 11) is -2.61. The van der Waals surface area contributed by atoms with Gasteiger partial charge in [0.15, 0.2) is 0 Å². The van der Waals surface area contributed by atoms with Crippen molar-refractivity contribution >= 4 is 21.4 Å². The molecule has 3 N–H and O–H groups in total. The molecule has 0 saturated carbocycles. The number of pyridine rings is 1. The Bertz CT molecular complexity index is 1100. The van der Waals surface area contributed by atoms with Gasteiger partial charge in [0.25, 0.3) is 5.91 Å². The molecule has 0 radical (unpaired) electrons. The standard InChI is InChI=1S/C20H19N3O5S/c1-28-15-7-9-16(10-8-15)29(26,27)19-17(20(24)23-25)5-2-6-18(19)22-13-14-4-3-11-21-12-14/h2-12,22,25H,13H2,1H3,(H,23,24). The molecule has 3 rings (SSSR count). The Morgan fingerprint density at radius 3 is 2.48 bits per heavy atom. The molecule has 8 nitrogen and oxygen atoms in total. The fourth-order valence-electron chi connectivity index (χ4n) is 2.78. The molecule has 0 unspecified atom stereocenters. The maximum atomic E-state index is 13.4. The average Bonchev–Trinajstić information content (AvgIpc) is 2.77. The monoisotopic (exact) mass is 413 g/mol. The second-order valence-electron chi connectivity index (χ2n) is 6.02. The van der Waals surface area contributed by atoms with E-state index in [9.17, 15) is 13.2 Å². The normalized spacial score (nSPS) is 11.0. The van der Waals surface area contributed by atoms with Crippen LogP contribution in [-0.4, -0.2) is 31.6 Å². The van der Waals surface area contributed by atoms with Crippen molar-refractivity contribution in [3.63, 3.8) is 0 Å². The van der Waals surface area contributed by atoms with Crippen LogP contribution in [0.5, 0.6) is 5.75 Å². The maximum absolute atomic E-state index is 13.4. The fourth-order valence-corrected chi connectivity index (χ4v) is 4.39. The van der Waals surface area contributed by atoms with Crippen LogP contribution in [0.3, 0.4) is 0 Å². The first-order valence-corrected chi connectivity index (χ1v) is 10.0. The number of aromatic nitrogens is 1. The summed E-state index contributed by atoms with van der Waals surface area (Å²) in [5.74, 6) is -0.428. The van der Waals surface area contributed by atoms with Gasteiger partial charge in [0, 0.05) is 18.9 Å². The minimum Gasteiger partial charge on any atom is -0.497 e. The number of nitrogens with one attached hydrogen (secondary N) is 2. The number of hydroxylamine groups is 1. The van der Waals surface area contributed by atoms with Crippen LogP contribution in [0, 0.1) is 0 Å². The van der Waals surface area contributed by atoms with E-state index in [4.69, 9.17) is 9.94 Å². The number of sulfone groups is 1. The van der Waals surface area contributed by atoms with Gasteiger partial charge in [0.1, 0.15) is 10.6 Å². The van der Waals surface area contributed by atoms with Crippen molar-refractivity contribution in [2.45, 2.75) is 16.3 Å². The van der Waals surface area contributed by atoms with Crippen LogP contribution in [0.25, 0.3) is 0 Å². The van der Waals surface area contributed by atoms with Crippen molar-refractivity contribution in [2.24, 2.45) is 0 Å². The van der Waals surface area contributed by atoms with Crippen molar-refractivity contribution in [1.82, 2.24) is 10.5 Å². The number of rotatable bonds is 7. The van der Waals surface area contributed by atoms with E-state index in [1.54, 1.807) is 24.5 Å². The molecule has 1 aromatic heterocycles. The van der Waals surface area contributed by atoms with Crippen LogP contribution in [0.4, 0.5) is 5.69 Å². The summed E-state index contributed by atoms with van der Waals surface area (Å²) in [5, 5.41) is 12.1. The summed E-state index contributed by atoms with van der Waals surface area (Å²) in [5.41, 5.74) is 2.38. The van der Waals surface area contributed by atoms with Gasteiger partial charge in [-0.25, -0.2) is 13.9 Å². The third kappa shape index (κ3) is 4.36. The van der Waals surface area contributed by atoms with E-state index in [0.29, 0.717) is 12.3 Å². The minimum absolute atomic E-state index is 0.0130. The molecule has 0 fully saturated rings. The number of amides is 1. The molecule has 0 aliphatic carbocycles. The Labute approximate surface area is 168 Å². The molecule has 9 heteroatoms. The number of ether oxygens (including phenoxy) is 1. The zero-order chi connectivity index (χ0) is 20.9. The van der Waals surface area contributed by atoms with Gasteiger partial charge in [-0.1, -0.05) is 12.1 Å². The lowest BCUT2D eigenvalue weighted by molar-refractivity contribution is 0.0703. The van der Waals surface area contributed by atoms with E-state index in [2.05, 4.69) is 10.3 Å². The van der Waals surface area contributed by atoms with Crippen LogP contribution < -0.4 is 15.5 Å². The highest BCUT2D eigenvalue weighted by Crippen LogP contribution is 2.32. The van der Waals surface area contributed by atoms with E-state index in [-0.39, 0.29) is 21.0 Å². The summed E-state index contributed by atoms with van der Waals surface area (Å²) in [6, 6.07) is 13.8. The highest BCUT2D eigenvalue weighted by atomic mass is 32.2. The minimum atomic E-state index is -4.09. The number of anilines is 1. The summed E-state index contributed by atoms with van der Waals surface area (Å²) in [4.78, 5) is 15.9. The van der Waals surface area contributed by atoms with Gasteiger partial charge in [-0.3, -0.25) is 15.0 Å². The molecule has 0 spiro atoms. The Balaban J connectivity index is 2.09. The first-order valence-electron chi connectivity index (χ1n) is 8.56. The smallest absolute Gasteiger partial charge is 0.276 e. The molecule has 0 aliphatic heterocycles.